The zero-order valence-corrected chi connectivity index (χ0v) is 7.69. The number of hydrogen-bond acceptors (Lipinski definition) is 2. The Kier molecular flexibility index (Phi) is 2.47. The minimum atomic E-state index is -0.566. The van der Waals surface area contributed by atoms with Crippen LogP contribution in [0.5, 0.6) is 0 Å². The summed E-state index contributed by atoms with van der Waals surface area (Å²) >= 11 is 0. The van der Waals surface area contributed by atoms with Gasteiger partial charge < -0.3 is 5.11 Å². The van der Waals surface area contributed by atoms with Crippen LogP contribution in [0.4, 0.5) is 8.78 Å². The maximum atomic E-state index is 13.3. The van der Waals surface area contributed by atoms with Gasteiger partial charge >= 0.3 is 0 Å². The normalized spacial score (nSPS) is 10.6. The van der Waals surface area contributed by atoms with Crippen LogP contribution in [0.15, 0.2) is 30.5 Å². The molecule has 0 fully saturated rings. The lowest BCUT2D eigenvalue weighted by atomic mass is 10.3. The van der Waals surface area contributed by atoms with Gasteiger partial charge in [0.25, 0.3) is 0 Å². The van der Waals surface area contributed by atoms with E-state index in [2.05, 4.69) is 5.10 Å². The molecule has 0 aliphatic carbocycles. The van der Waals surface area contributed by atoms with E-state index >= 15 is 0 Å². The first-order valence-corrected chi connectivity index (χ1v) is 4.31. The van der Waals surface area contributed by atoms with Crippen molar-refractivity contribution in [2.24, 2.45) is 0 Å². The van der Waals surface area contributed by atoms with Crippen molar-refractivity contribution in [3.63, 3.8) is 0 Å². The Hall–Kier alpha value is -1.75. The zero-order chi connectivity index (χ0) is 10.8. The first-order valence-electron chi connectivity index (χ1n) is 4.31. The van der Waals surface area contributed by atoms with Gasteiger partial charge in [-0.25, -0.2) is 13.5 Å². The lowest BCUT2D eigenvalue weighted by Crippen LogP contribution is -2.00. The molecule has 0 spiro atoms. The Morgan fingerprint density at radius 3 is 2.73 bits per heavy atom. The molecule has 1 heterocycles. The summed E-state index contributed by atoms with van der Waals surface area (Å²) in [6.45, 7) is -0.232. The molecule has 15 heavy (non-hydrogen) atoms. The highest BCUT2D eigenvalue weighted by molar-refractivity contribution is 5.33. The Bertz CT molecular complexity index is 482. The van der Waals surface area contributed by atoms with Gasteiger partial charge in [-0.15, -0.1) is 0 Å². The molecule has 0 aliphatic heterocycles. The number of hydrogen-bond donors (Lipinski definition) is 1. The molecule has 1 aromatic heterocycles. The molecule has 3 nitrogen and oxygen atoms in total. The van der Waals surface area contributed by atoms with E-state index in [4.69, 9.17) is 5.11 Å². The number of aliphatic hydroxyl groups is 1. The standard InChI is InChI=1S/C10H8F2N2O/c11-7-1-2-9(12)10(5-7)14-4-3-8(6-15)13-14/h1-5,15H,6H2. The Morgan fingerprint density at radius 1 is 1.27 bits per heavy atom. The van der Waals surface area contributed by atoms with Gasteiger partial charge in [-0.2, -0.15) is 5.10 Å². The van der Waals surface area contributed by atoms with Crippen molar-refractivity contribution in [2.45, 2.75) is 6.61 Å². The third-order valence-electron chi connectivity index (χ3n) is 1.96. The number of nitrogens with zero attached hydrogens (tertiary/aromatic N) is 2. The Labute approximate surface area is 84.6 Å². The van der Waals surface area contributed by atoms with Crippen LogP contribution in [0.3, 0.4) is 0 Å². The number of aliphatic hydroxyl groups excluding tert-OH is 1. The highest BCUT2D eigenvalue weighted by Gasteiger charge is 2.07. The minimum absolute atomic E-state index is 0.0229. The summed E-state index contributed by atoms with van der Waals surface area (Å²) in [5.74, 6) is -1.10. The molecule has 78 valence electrons. The van der Waals surface area contributed by atoms with Crippen LogP contribution in [-0.2, 0) is 6.61 Å². The molecule has 0 radical (unpaired) electrons. The van der Waals surface area contributed by atoms with E-state index in [0.29, 0.717) is 5.69 Å². The molecule has 0 saturated carbocycles. The van der Waals surface area contributed by atoms with Crippen molar-refractivity contribution in [3.8, 4) is 5.69 Å². The quantitative estimate of drug-likeness (QED) is 0.818. The third-order valence-corrected chi connectivity index (χ3v) is 1.96. The van der Waals surface area contributed by atoms with Crippen molar-refractivity contribution in [1.82, 2.24) is 9.78 Å². The van der Waals surface area contributed by atoms with E-state index < -0.39 is 11.6 Å². The van der Waals surface area contributed by atoms with Crippen LogP contribution < -0.4 is 0 Å². The van der Waals surface area contributed by atoms with E-state index in [0.717, 1.165) is 18.2 Å². The van der Waals surface area contributed by atoms with E-state index in [1.54, 1.807) is 0 Å². The minimum Gasteiger partial charge on any atom is -0.390 e. The fraction of sp³-hybridized carbons (Fsp3) is 0.100. The molecule has 0 saturated heterocycles. The first-order chi connectivity index (χ1) is 7.20. The summed E-state index contributed by atoms with van der Waals surface area (Å²) in [6.07, 6.45) is 1.46. The summed E-state index contributed by atoms with van der Waals surface area (Å²) in [5, 5.41) is 12.6. The topological polar surface area (TPSA) is 38.0 Å². The van der Waals surface area contributed by atoms with Gasteiger partial charge in [0, 0.05) is 12.3 Å². The molecule has 0 bridgehead atoms. The predicted octanol–water partition coefficient (Wildman–Crippen LogP) is 1.64. The molecule has 0 aliphatic rings. The molecular formula is C10H8F2N2O. The molecule has 1 N–H and O–H groups in total. The monoisotopic (exact) mass is 210 g/mol. The van der Waals surface area contributed by atoms with Crippen molar-refractivity contribution in [1.29, 1.82) is 0 Å². The lowest BCUT2D eigenvalue weighted by molar-refractivity contribution is 0.276. The van der Waals surface area contributed by atoms with Gasteiger partial charge in [0.05, 0.1) is 12.3 Å². The third kappa shape index (κ3) is 1.87. The second-order valence-corrected chi connectivity index (χ2v) is 3.01. The summed E-state index contributed by atoms with van der Waals surface area (Å²) in [7, 11) is 0. The van der Waals surface area contributed by atoms with E-state index in [-0.39, 0.29) is 12.3 Å². The van der Waals surface area contributed by atoms with Crippen molar-refractivity contribution >= 4 is 0 Å². The second kappa shape index (κ2) is 3.78. The smallest absolute Gasteiger partial charge is 0.149 e. The zero-order valence-electron chi connectivity index (χ0n) is 7.69. The highest BCUT2D eigenvalue weighted by atomic mass is 19.1. The first kappa shape index (κ1) is 9.79. The van der Waals surface area contributed by atoms with Gasteiger partial charge in [-0.3, -0.25) is 0 Å². The van der Waals surface area contributed by atoms with Crippen molar-refractivity contribution < 1.29 is 13.9 Å². The lowest BCUT2D eigenvalue weighted by Gasteiger charge is -2.02. The second-order valence-electron chi connectivity index (χ2n) is 3.01. The molecule has 1 aromatic carbocycles. The molecule has 0 unspecified atom stereocenters. The molecular weight excluding hydrogens is 202 g/mol. The van der Waals surface area contributed by atoms with E-state index in [1.807, 2.05) is 0 Å². The van der Waals surface area contributed by atoms with Gasteiger partial charge in [0.15, 0.2) is 0 Å². The number of halogens is 2. The van der Waals surface area contributed by atoms with Crippen LogP contribution in [-0.4, -0.2) is 14.9 Å². The van der Waals surface area contributed by atoms with Crippen LogP contribution in [0.25, 0.3) is 5.69 Å². The predicted molar refractivity (Wildman–Crippen MR) is 49.4 cm³/mol. The van der Waals surface area contributed by atoms with E-state index in [1.165, 1.54) is 16.9 Å². The Balaban J connectivity index is 2.48. The fourth-order valence-corrected chi connectivity index (χ4v) is 1.24. The maximum absolute atomic E-state index is 13.3. The van der Waals surface area contributed by atoms with E-state index in [9.17, 15) is 8.78 Å². The van der Waals surface area contributed by atoms with Crippen molar-refractivity contribution in [3.05, 3.63) is 47.8 Å². The average molecular weight is 210 g/mol. The van der Waals surface area contributed by atoms with Crippen molar-refractivity contribution in [2.75, 3.05) is 0 Å². The van der Waals surface area contributed by atoms with Crippen LogP contribution >= 0.6 is 0 Å². The summed E-state index contributed by atoms with van der Waals surface area (Å²) in [5.41, 5.74) is 0.424. The Morgan fingerprint density at radius 2 is 2.07 bits per heavy atom. The molecule has 0 amide bonds. The number of aromatic nitrogens is 2. The van der Waals surface area contributed by atoms with Crippen LogP contribution in [0.2, 0.25) is 0 Å². The van der Waals surface area contributed by atoms with Crippen LogP contribution in [0, 0.1) is 11.6 Å². The molecule has 0 atom stereocenters. The van der Waals surface area contributed by atoms with Gasteiger partial charge in [0.1, 0.15) is 17.3 Å². The number of rotatable bonds is 2. The molecule has 2 rings (SSSR count). The largest absolute Gasteiger partial charge is 0.390 e. The SMILES string of the molecule is OCc1ccn(-c2cc(F)ccc2F)n1. The maximum Gasteiger partial charge on any atom is 0.149 e. The number of benzene rings is 1. The van der Waals surface area contributed by atoms with Gasteiger partial charge in [-0.1, -0.05) is 0 Å². The van der Waals surface area contributed by atoms with Gasteiger partial charge in [-0.05, 0) is 18.2 Å². The van der Waals surface area contributed by atoms with Gasteiger partial charge in [0.2, 0.25) is 0 Å². The average Bonchev–Trinajstić information content (AvgIpc) is 2.70. The molecule has 5 heteroatoms. The summed E-state index contributed by atoms with van der Waals surface area (Å²) in [6, 6.07) is 4.65. The van der Waals surface area contributed by atoms with Crippen LogP contribution in [0.1, 0.15) is 5.69 Å². The highest BCUT2D eigenvalue weighted by Crippen LogP contribution is 2.14. The summed E-state index contributed by atoms with van der Waals surface area (Å²) < 4.78 is 27.3. The summed E-state index contributed by atoms with van der Waals surface area (Å²) in [4.78, 5) is 0. The molecule has 2 aromatic rings. The fourth-order valence-electron chi connectivity index (χ4n) is 1.24.